The summed E-state index contributed by atoms with van der Waals surface area (Å²) in [7, 11) is -3.79. The quantitative estimate of drug-likeness (QED) is 0.910. The number of benzene rings is 1. The molecule has 0 aliphatic heterocycles. The average molecular weight is 310 g/mol. The lowest BCUT2D eigenvalue weighted by atomic mass is 10.0. The summed E-state index contributed by atoms with van der Waals surface area (Å²) in [5, 5.41) is 9.74. The van der Waals surface area contributed by atoms with Crippen LogP contribution in [0, 0.1) is 5.92 Å². The van der Waals surface area contributed by atoms with E-state index in [2.05, 4.69) is 0 Å². The highest BCUT2D eigenvalue weighted by Crippen LogP contribution is 2.30. The molecule has 0 saturated heterocycles. The van der Waals surface area contributed by atoms with Gasteiger partial charge in [-0.15, -0.1) is 0 Å². The van der Waals surface area contributed by atoms with Crippen molar-refractivity contribution in [3.05, 3.63) is 29.8 Å². The summed E-state index contributed by atoms with van der Waals surface area (Å²) in [5.74, 6) is -0.688. The summed E-state index contributed by atoms with van der Waals surface area (Å²) >= 11 is 0. The maximum Gasteiger partial charge on any atom is 0.416 e. The van der Waals surface area contributed by atoms with Gasteiger partial charge < -0.3 is 5.11 Å². The summed E-state index contributed by atoms with van der Waals surface area (Å²) in [6.07, 6.45) is -4.92. The van der Waals surface area contributed by atoms with Gasteiger partial charge in [0.05, 0.1) is 22.3 Å². The Bertz CT molecular complexity index is 535. The van der Waals surface area contributed by atoms with E-state index in [0.29, 0.717) is 6.42 Å². The van der Waals surface area contributed by atoms with E-state index in [1.165, 1.54) is 0 Å². The van der Waals surface area contributed by atoms with Crippen molar-refractivity contribution in [2.24, 2.45) is 5.92 Å². The van der Waals surface area contributed by atoms with E-state index in [4.69, 9.17) is 0 Å². The van der Waals surface area contributed by atoms with Crippen molar-refractivity contribution in [2.75, 3.05) is 5.75 Å². The first kappa shape index (κ1) is 17.0. The fraction of sp³-hybridized carbons (Fsp3) is 0.538. The fourth-order valence-corrected chi connectivity index (χ4v) is 3.13. The molecule has 3 nitrogen and oxygen atoms in total. The summed E-state index contributed by atoms with van der Waals surface area (Å²) in [6, 6.07) is 3.29. The standard InChI is InChI=1S/C13H17F3O3S/c1-3-9(2)12(17)8-20(18,19)11-6-4-10(5-7-11)13(14,15)16/h4-7,9,12,17H,3,8H2,1-2H3. The van der Waals surface area contributed by atoms with E-state index < -0.39 is 33.4 Å². The highest BCUT2D eigenvalue weighted by Gasteiger charge is 2.31. The second-order valence-corrected chi connectivity index (χ2v) is 6.79. The Morgan fingerprint density at radius 2 is 1.70 bits per heavy atom. The number of alkyl halides is 3. The predicted octanol–water partition coefficient (Wildman–Crippen LogP) is 2.89. The molecule has 1 rings (SSSR count). The number of rotatable bonds is 5. The maximum absolute atomic E-state index is 12.4. The number of hydrogen-bond donors (Lipinski definition) is 1. The Labute approximate surface area is 116 Å². The van der Waals surface area contributed by atoms with Crippen molar-refractivity contribution in [2.45, 2.75) is 37.4 Å². The zero-order chi connectivity index (χ0) is 15.6. The molecule has 0 aliphatic carbocycles. The minimum absolute atomic E-state index is 0.195. The minimum Gasteiger partial charge on any atom is -0.392 e. The highest BCUT2D eigenvalue weighted by molar-refractivity contribution is 7.91. The molecule has 20 heavy (non-hydrogen) atoms. The molecule has 1 aromatic carbocycles. The van der Waals surface area contributed by atoms with Gasteiger partial charge in [0.1, 0.15) is 0 Å². The molecule has 0 spiro atoms. The van der Waals surface area contributed by atoms with Crippen LogP contribution in [-0.4, -0.2) is 25.4 Å². The van der Waals surface area contributed by atoms with Crippen LogP contribution in [0.5, 0.6) is 0 Å². The van der Waals surface area contributed by atoms with Crippen LogP contribution < -0.4 is 0 Å². The zero-order valence-electron chi connectivity index (χ0n) is 11.2. The second-order valence-electron chi connectivity index (χ2n) is 4.76. The lowest BCUT2D eigenvalue weighted by molar-refractivity contribution is -0.137. The van der Waals surface area contributed by atoms with Gasteiger partial charge in [0.15, 0.2) is 9.84 Å². The van der Waals surface area contributed by atoms with Crippen molar-refractivity contribution >= 4 is 9.84 Å². The molecule has 0 radical (unpaired) electrons. The van der Waals surface area contributed by atoms with Gasteiger partial charge in [0, 0.05) is 0 Å². The molecule has 114 valence electrons. The van der Waals surface area contributed by atoms with Gasteiger partial charge in [0.25, 0.3) is 0 Å². The number of hydrogen-bond acceptors (Lipinski definition) is 3. The van der Waals surface area contributed by atoms with Crippen LogP contribution in [-0.2, 0) is 16.0 Å². The number of halogens is 3. The van der Waals surface area contributed by atoms with Crippen molar-refractivity contribution in [1.29, 1.82) is 0 Å². The number of sulfone groups is 1. The Hall–Kier alpha value is -1.08. The van der Waals surface area contributed by atoms with E-state index in [1.54, 1.807) is 6.92 Å². The minimum atomic E-state index is -4.50. The normalized spacial score (nSPS) is 15.9. The smallest absolute Gasteiger partial charge is 0.392 e. The Kier molecular flexibility index (Phi) is 5.21. The van der Waals surface area contributed by atoms with E-state index in [1.807, 2.05) is 6.92 Å². The lowest BCUT2D eigenvalue weighted by Crippen LogP contribution is -2.27. The SMILES string of the molecule is CCC(C)C(O)CS(=O)(=O)c1ccc(C(F)(F)F)cc1. The molecule has 1 N–H and O–H groups in total. The van der Waals surface area contributed by atoms with E-state index in [9.17, 15) is 26.7 Å². The second kappa shape index (κ2) is 6.13. The summed E-state index contributed by atoms with van der Waals surface area (Å²) < 4.78 is 61.1. The van der Waals surface area contributed by atoms with Crippen LogP contribution in [0.3, 0.4) is 0 Å². The van der Waals surface area contributed by atoms with Gasteiger partial charge in [-0.3, -0.25) is 0 Å². The van der Waals surface area contributed by atoms with Gasteiger partial charge in [0.2, 0.25) is 0 Å². The van der Waals surface area contributed by atoms with Gasteiger partial charge in [-0.05, 0) is 30.2 Å². The third-order valence-electron chi connectivity index (χ3n) is 3.23. The zero-order valence-corrected chi connectivity index (χ0v) is 12.0. The number of aliphatic hydroxyl groups is 1. The highest BCUT2D eigenvalue weighted by atomic mass is 32.2. The Morgan fingerprint density at radius 1 is 1.20 bits per heavy atom. The topological polar surface area (TPSA) is 54.4 Å². The van der Waals surface area contributed by atoms with Gasteiger partial charge >= 0.3 is 6.18 Å². The molecule has 1 aromatic rings. The molecule has 0 aromatic heterocycles. The maximum atomic E-state index is 12.4. The van der Waals surface area contributed by atoms with Gasteiger partial charge in [-0.2, -0.15) is 13.2 Å². The monoisotopic (exact) mass is 310 g/mol. The van der Waals surface area contributed by atoms with Gasteiger partial charge in [-0.25, -0.2) is 8.42 Å². The first-order chi connectivity index (χ1) is 9.08. The lowest BCUT2D eigenvalue weighted by Gasteiger charge is -2.17. The third kappa shape index (κ3) is 4.21. The van der Waals surface area contributed by atoms with E-state index >= 15 is 0 Å². The molecule has 0 saturated carbocycles. The molecule has 0 heterocycles. The Balaban J connectivity index is 2.94. The molecule has 7 heteroatoms. The van der Waals surface area contributed by atoms with Crippen LogP contribution in [0.2, 0.25) is 0 Å². The molecule has 0 aliphatic rings. The molecular formula is C13H17F3O3S. The molecule has 0 amide bonds. The van der Waals surface area contributed by atoms with Crippen LogP contribution in [0.1, 0.15) is 25.8 Å². The van der Waals surface area contributed by atoms with Crippen LogP contribution in [0.4, 0.5) is 13.2 Å². The molecule has 2 atom stereocenters. The molecule has 2 unspecified atom stereocenters. The van der Waals surface area contributed by atoms with Crippen molar-refractivity contribution in [3.63, 3.8) is 0 Å². The number of aliphatic hydroxyl groups excluding tert-OH is 1. The van der Waals surface area contributed by atoms with E-state index in [-0.39, 0.29) is 10.8 Å². The molecule has 0 fully saturated rings. The van der Waals surface area contributed by atoms with Gasteiger partial charge in [-0.1, -0.05) is 20.3 Å². The van der Waals surface area contributed by atoms with Crippen LogP contribution >= 0.6 is 0 Å². The van der Waals surface area contributed by atoms with Crippen LogP contribution in [0.25, 0.3) is 0 Å². The van der Waals surface area contributed by atoms with Crippen LogP contribution in [0.15, 0.2) is 29.2 Å². The first-order valence-corrected chi connectivity index (χ1v) is 7.81. The largest absolute Gasteiger partial charge is 0.416 e. The molecule has 0 bridgehead atoms. The average Bonchev–Trinajstić information content (AvgIpc) is 2.36. The third-order valence-corrected chi connectivity index (χ3v) is 5.00. The van der Waals surface area contributed by atoms with Crippen molar-refractivity contribution in [3.8, 4) is 0 Å². The van der Waals surface area contributed by atoms with Crippen molar-refractivity contribution < 1.29 is 26.7 Å². The van der Waals surface area contributed by atoms with E-state index in [0.717, 1.165) is 24.3 Å². The first-order valence-electron chi connectivity index (χ1n) is 6.16. The summed E-state index contributed by atoms with van der Waals surface area (Å²) in [6.45, 7) is 3.53. The fourth-order valence-electron chi connectivity index (χ4n) is 1.61. The molecular weight excluding hydrogens is 293 g/mol. The predicted molar refractivity (Wildman–Crippen MR) is 69.0 cm³/mol. The van der Waals surface area contributed by atoms with Crippen molar-refractivity contribution in [1.82, 2.24) is 0 Å². The summed E-state index contributed by atoms with van der Waals surface area (Å²) in [5.41, 5.74) is -0.904. The summed E-state index contributed by atoms with van der Waals surface area (Å²) in [4.78, 5) is -0.215. The Morgan fingerprint density at radius 3 is 2.10 bits per heavy atom.